The van der Waals surface area contributed by atoms with E-state index in [4.69, 9.17) is 11.7 Å². The standard InChI is InChI=1S/C8H14N4/c9-11-7-5-3-1-2-4-6-8(7)12-10/h1-2H,3-6,9-10H2/b2-1?,11-7-,12-8-. The summed E-state index contributed by atoms with van der Waals surface area (Å²) < 4.78 is 0. The van der Waals surface area contributed by atoms with E-state index in [9.17, 15) is 0 Å². The lowest BCUT2D eigenvalue weighted by molar-refractivity contribution is 1.00. The highest BCUT2D eigenvalue weighted by Crippen LogP contribution is 2.07. The van der Waals surface area contributed by atoms with E-state index in [1.54, 1.807) is 0 Å². The molecule has 0 bridgehead atoms. The first-order valence-electron chi connectivity index (χ1n) is 4.07. The van der Waals surface area contributed by atoms with Crippen molar-refractivity contribution in [3.05, 3.63) is 12.2 Å². The van der Waals surface area contributed by atoms with Crippen LogP contribution >= 0.6 is 0 Å². The van der Waals surface area contributed by atoms with Gasteiger partial charge < -0.3 is 11.7 Å². The predicted octanol–water partition coefficient (Wildman–Crippen LogP) is 0.746. The second-order valence-corrected chi connectivity index (χ2v) is 2.70. The molecule has 1 rings (SSSR count). The summed E-state index contributed by atoms with van der Waals surface area (Å²) in [5.41, 5.74) is 1.67. The number of hydrogen-bond acceptors (Lipinski definition) is 4. The lowest BCUT2D eigenvalue weighted by Crippen LogP contribution is -2.18. The summed E-state index contributed by atoms with van der Waals surface area (Å²) in [4.78, 5) is 0. The zero-order valence-corrected chi connectivity index (χ0v) is 7.03. The molecule has 66 valence electrons. The maximum absolute atomic E-state index is 5.22. The summed E-state index contributed by atoms with van der Waals surface area (Å²) in [6.45, 7) is 0. The second-order valence-electron chi connectivity index (χ2n) is 2.70. The Labute approximate surface area is 72.0 Å². The molecule has 0 radical (unpaired) electrons. The second kappa shape index (κ2) is 4.54. The van der Waals surface area contributed by atoms with Crippen LogP contribution in [-0.4, -0.2) is 11.4 Å². The maximum atomic E-state index is 5.22. The molecule has 0 aliphatic heterocycles. The minimum absolute atomic E-state index is 0.835. The van der Waals surface area contributed by atoms with Gasteiger partial charge in [-0.1, -0.05) is 12.2 Å². The van der Waals surface area contributed by atoms with E-state index in [0.29, 0.717) is 0 Å². The van der Waals surface area contributed by atoms with E-state index in [-0.39, 0.29) is 0 Å². The average Bonchev–Trinajstić information content (AvgIpc) is 2.05. The van der Waals surface area contributed by atoms with E-state index in [1.807, 2.05) is 0 Å². The van der Waals surface area contributed by atoms with Crippen molar-refractivity contribution in [2.75, 3.05) is 0 Å². The number of hydrogen-bond donors (Lipinski definition) is 2. The van der Waals surface area contributed by atoms with Crippen molar-refractivity contribution < 1.29 is 0 Å². The third-order valence-electron chi connectivity index (χ3n) is 1.91. The summed E-state index contributed by atoms with van der Waals surface area (Å²) in [7, 11) is 0. The van der Waals surface area contributed by atoms with Crippen LogP contribution in [-0.2, 0) is 0 Å². The van der Waals surface area contributed by atoms with Gasteiger partial charge in [-0.05, 0) is 25.7 Å². The Kier molecular flexibility index (Phi) is 3.32. The molecule has 1 aliphatic carbocycles. The topological polar surface area (TPSA) is 76.8 Å². The first-order chi connectivity index (χ1) is 5.88. The first-order valence-corrected chi connectivity index (χ1v) is 4.07. The van der Waals surface area contributed by atoms with Gasteiger partial charge in [-0.15, -0.1) is 0 Å². The zero-order valence-electron chi connectivity index (χ0n) is 7.03. The molecule has 0 aromatic rings. The zero-order chi connectivity index (χ0) is 8.81. The summed E-state index contributed by atoms with van der Waals surface area (Å²) in [6.07, 6.45) is 7.88. The van der Waals surface area contributed by atoms with Crippen LogP contribution in [0.25, 0.3) is 0 Å². The van der Waals surface area contributed by atoms with Crippen molar-refractivity contribution in [3.63, 3.8) is 0 Å². The van der Waals surface area contributed by atoms with Gasteiger partial charge in [-0.2, -0.15) is 10.2 Å². The highest BCUT2D eigenvalue weighted by atomic mass is 15.2. The lowest BCUT2D eigenvalue weighted by Gasteiger charge is -2.07. The highest BCUT2D eigenvalue weighted by Gasteiger charge is 2.09. The maximum Gasteiger partial charge on any atom is 0.0835 e. The number of allylic oxidation sites excluding steroid dienone is 2. The van der Waals surface area contributed by atoms with Gasteiger partial charge in [0.1, 0.15) is 0 Å². The van der Waals surface area contributed by atoms with Crippen LogP contribution in [0.15, 0.2) is 22.4 Å². The minimum atomic E-state index is 0.835. The fourth-order valence-corrected chi connectivity index (χ4v) is 1.24. The third-order valence-corrected chi connectivity index (χ3v) is 1.91. The molecule has 0 saturated carbocycles. The predicted molar refractivity (Wildman–Crippen MR) is 50.9 cm³/mol. The Bertz CT molecular complexity index is 203. The van der Waals surface area contributed by atoms with Crippen molar-refractivity contribution in [2.24, 2.45) is 21.9 Å². The summed E-state index contributed by atoms with van der Waals surface area (Å²) in [5.74, 6) is 10.4. The molecule has 0 heterocycles. The molecule has 4 nitrogen and oxygen atoms in total. The minimum Gasteiger partial charge on any atom is -0.323 e. The molecule has 0 saturated heterocycles. The Morgan fingerprint density at radius 3 is 1.67 bits per heavy atom. The molecule has 0 atom stereocenters. The van der Waals surface area contributed by atoms with E-state index < -0.39 is 0 Å². The normalized spacial score (nSPS) is 25.7. The molecule has 4 heteroatoms. The molecule has 0 unspecified atom stereocenters. The Morgan fingerprint density at radius 2 is 1.33 bits per heavy atom. The SMILES string of the molecule is N/N=C1/CCC=CCC/C1=N/N. The lowest BCUT2D eigenvalue weighted by atomic mass is 10.0. The number of rotatable bonds is 0. The summed E-state index contributed by atoms with van der Waals surface area (Å²) >= 11 is 0. The quantitative estimate of drug-likeness (QED) is 0.316. The fourth-order valence-electron chi connectivity index (χ4n) is 1.24. The van der Waals surface area contributed by atoms with Crippen LogP contribution in [0, 0.1) is 0 Å². The molecule has 0 aromatic carbocycles. The number of nitrogens with two attached hydrogens (primary N) is 2. The van der Waals surface area contributed by atoms with Crippen LogP contribution in [0.2, 0.25) is 0 Å². The number of hydrazone groups is 2. The molecule has 0 amide bonds. The Morgan fingerprint density at radius 1 is 0.917 bits per heavy atom. The highest BCUT2D eigenvalue weighted by molar-refractivity contribution is 6.42. The first kappa shape index (κ1) is 8.77. The third kappa shape index (κ3) is 2.08. The smallest absolute Gasteiger partial charge is 0.0835 e. The molecule has 12 heavy (non-hydrogen) atoms. The van der Waals surface area contributed by atoms with Gasteiger partial charge in [-0.3, -0.25) is 0 Å². The molecule has 1 aliphatic rings. The van der Waals surface area contributed by atoms with Crippen molar-refractivity contribution in [1.29, 1.82) is 0 Å². The molecular formula is C8H14N4. The van der Waals surface area contributed by atoms with Crippen molar-refractivity contribution >= 4 is 11.4 Å². The van der Waals surface area contributed by atoms with Gasteiger partial charge in [0.15, 0.2) is 0 Å². The molecule has 4 N–H and O–H groups in total. The van der Waals surface area contributed by atoms with Crippen LogP contribution < -0.4 is 11.7 Å². The molecule has 0 spiro atoms. The van der Waals surface area contributed by atoms with E-state index >= 15 is 0 Å². The van der Waals surface area contributed by atoms with Gasteiger partial charge in [0, 0.05) is 0 Å². The van der Waals surface area contributed by atoms with E-state index in [1.165, 1.54) is 0 Å². The molecule has 0 aromatic heterocycles. The summed E-state index contributed by atoms with van der Waals surface area (Å²) in [6, 6.07) is 0. The van der Waals surface area contributed by atoms with Gasteiger partial charge in [0.05, 0.1) is 11.4 Å². The van der Waals surface area contributed by atoms with Crippen LogP contribution in [0.1, 0.15) is 25.7 Å². The van der Waals surface area contributed by atoms with Crippen LogP contribution in [0.4, 0.5) is 0 Å². The van der Waals surface area contributed by atoms with E-state index in [0.717, 1.165) is 37.1 Å². The largest absolute Gasteiger partial charge is 0.323 e. The average molecular weight is 166 g/mol. The Hall–Kier alpha value is -1.32. The Balaban J connectivity index is 2.75. The van der Waals surface area contributed by atoms with Crippen LogP contribution in [0.3, 0.4) is 0 Å². The van der Waals surface area contributed by atoms with Crippen molar-refractivity contribution in [2.45, 2.75) is 25.7 Å². The van der Waals surface area contributed by atoms with Gasteiger partial charge in [0.25, 0.3) is 0 Å². The molecular weight excluding hydrogens is 152 g/mol. The number of nitrogens with zero attached hydrogens (tertiary/aromatic N) is 2. The van der Waals surface area contributed by atoms with E-state index in [2.05, 4.69) is 22.4 Å². The fraction of sp³-hybridized carbons (Fsp3) is 0.500. The van der Waals surface area contributed by atoms with Crippen molar-refractivity contribution in [1.82, 2.24) is 0 Å². The monoisotopic (exact) mass is 166 g/mol. The summed E-state index contributed by atoms with van der Waals surface area (Å²) in [5, 5.41) is 7.35. The van der Waals surface area contributed by atoms with Gasteiger partial charge in [-0.25, -0.2) is 0 Å². The molecule has 0 fully saturated rings. The van der Waals surface area contributed by atoms with Gasteiger partial charge >= 0.3 is 0 Å². The van der Waals surface area contributed by atoms with Crippen LogP contribution in [0.5, 0.6) is 0 Å². The van der Waals surface area contributed by atoms with Crippen molar-refractivity contribution in [3.8, 4) is 0 Å². The van der Waals surface area contributed by atoms with Gasteiger partial charge in [0.2, 0.25) is 0 Å².